The number of methoxy groups -OCH3 is 1. The van der Waals surface area contributed by atoms with Gasteiger partial charge in [-0.25, -0.2) is 8.78 Å². The largest absolute Gasteiger partial charge is 0.479 e. The molecule has 1 aliphatic rings. The van der Waals surface area contributed by atoms with Crippen LogP contribution in [0.15, 0.2) is 28.8 Å². The van der Waals surface area contributed by atoms with Crippen molar-refractivity contribution in [3.05, 3.63) is 47.4 Å². The lowest BCUT2D eigenvalue weighted by Gasteiger charge is -2.35. The Morgan fingerprint density at radius 3 is 2.85 bits per heavy atom. The van der Waals surface area contributed by atoms with Crippen LogP contribution < -0.4 is 4.74 Å². The Hall–Kier alpha value is -2.48. The molecule has 0 bridgehead atoms. The molecule has 146 valence electrons. The van der Waals surface area contributed by atoms with Crippen LogP contribution in [0.1, 0.15) is 41.9 Å². The predicted molar refractivity (Wildman–Crippen MR) is 92.4 cm³/mol. The summed E-state index contributed by atoms with van der Waals surface area (Å²) in [6.07, 6.45) is 3.71. The number of rotatable bonds is 7. The average molecular weight is 380 g/mol. The van der Waals surface area contributed by atoms with E-state index in [-0.39, 0.29) is 30.0 Å². The molecule has 0 aliphatic carbocycles. The molecule has 1 unspecified atom stereocenters. The van der Waals surface area contributed by atoms with Gasteiger partial charge in [-0.3, -0.25) is 4.79 Å². The Balaban J connectivity index is 1.64. The van der Waals surface area contributed by atoms with Crippen LogP contribution in [0.3, 0.4) is 0 Å². The molecule has 8 heteroatoms. The molecule has 0 saturated carbocycles. The van der Waals surface area contributed by atoms with Gasteiger partial charge in [0, 0.05) is 32.4 Å². The number of halogens is 2. The smallest absolute Gasteiger partial charge is 0.276 e. The monoisotopic (exact) mass is 380 g/mol. The van der Waals surface area contributed by atoms with E-state index in [0.717, 1.165) is 37.8 Å². The summed E-state index contributed by atoms with van der Waals surface area (Å²) in [6.45, 7) is 1.01. The third kappa shape index (κ3) is 4.63. The molecule has 27 heavy (non-hydrogen) atoms. The molecule has 3 rings (SSSR count). The van der Waals surface area contributed by atoms with Gasteiger partial charge in [-0.05, 0) is 37.8 Å². The molecule has 1 amide bonds. The highest BCUT2D eigenvalue weighted by Gasteiger charge is 2.29. The van der Waals surface area contributed by atoms with Crippen molar-refractivity contribution in [2.75, 3.05) is 20.3 Å². The molecule has 1 saturated heterocycles. The summed E-state index contributed by atoms with van der Waals surface area (Å²) in [5.41, 5.74) is 0.159. The van der Waals surface area contributed by atoms with E-state index in [0.29, 0.717) is 13.2 Å². The SMILES string of the molecule is COCCC1CCCCN1C(=O)c1cc(COc2c(F)cccc2F)on1. The van der Waals surface area contributed by atoms with Gasteiger partial charge in [-0.1, -0.05) is 11.2 Å². The van der Waals surface area contributed by atoms with Crippen LogP contribution in [-0.4, -0.2) is 42.3 Å². The van der Waals surface area contributed by atoms with Crippen molar-refractivity contribution in [1.82, 2.24) is 10.1 Å². The number of ether oxygens (including phenoxy) is 2. The van der Waals surface area contributed by atoms with Gasteiger partial charge in [0.1, 0.15) is 6.61 Å². The molecular weight excluding hydrogens is 358 g/mol. The third-order valence-electron chi connectivity index (χ3n) is 4.60. The highest BCUT2D eigenvalue weighted by Crippen LogP contribution is 2.24. The van der Waals surface area contributed by atoms with Gasteiger partial charge in [-0.15, -0.1) is 0 Å². The highest BCUT2D eigenvalue weighted by atomic mass is 19.1. The third-order valence-corrected chi connectivity index (χ3v) is 4.60. The maximum Gasteiger partial charge on any atom is 0.276 e. The van der Waals surface area contributed by atoms with Gasteiger partial charge in [0.05, 0.1) is 0 Å². The summed E-state index contributed by atoms with van der Waals surface area (Å²) in [7, 11) is 1.64. The zero-order valence-corrected chi connectivity index (χ0v) is 15.1. The summed E-state index contributed by atoms with van der Waals surface area (Å²) < 4.78 is 42.6. The molecule has 1 aliphatic heterocycles. The first-order chi connectivity index (χ1) is 13.1. The second-order valence-electron chi connectivity index (χ2n) is 6.45. The van der Waals surface area contributed by atoms with E-state index in [1.165, 1.54) is 12.1 Å². The summed E-state index contributed by atoms with van der Waals surface area (Å²) >= 11 is 0. The van der Waals surface area contributed by atoms with E-state index >= 15 is 0 Å². The molecule has 0 spiro atoms. The lowest BCUT2D eigenvalue weighted by Crippen LogP contribution is -2.44. The first-order valence-electron chi connectivity index (χ1n) is 8.92. The average Bonchev–Trinajstić information content (AvgIpc) is 3.14. The van der Waals surface area contributed by atoms with Crippen LogP contribution in [0.4, 0.5) is 8.78 Å². The lowest BCUT2D eigenvalue weighted by molar-refractivity contribution is 0.0543. The van der Waals surface area contributed by atoms with E-state index in [1.807, 2.05) is 0 Å². The van der Waals surface area contributed by atoms with Gasteiger partial charge in [-0.2, -0.15) is 0 Å². The van der Waals surface area contributed by atoms with Crippen molar-refractivity contribution >= 4 is 5.91 Å². The molecule has 6 nitrogen and oxygen atoms in total. The zero-order chi connectivity index (χ0) is 19.2. The van der Waals surface area contributed by atoms with Gasteiger partial charge in [0.2, 0.25) is 0 Å². The molecule has 1 atom stereocenters. The molecule has 0 radical (unpaired) electrons. The Morgan fingerprint density at radius 1 is 1.33 bits per heavy atom. The zero-order valence-electron chi connectivity index (χ0n) is 15.1. The van der Waals surface area contributed by atoms with Crippen molar-refractivity contribution in [1.29, 1.82) is 0 Å². The Morgan fingerprint density at radius 2 is 2.11 bits per heavy atom. The van der Waals surface area contributed by atoms with Crippen molar-refractivity contribution in [3.63, 3.8) is 0 Å². The van der Waals surface area contributed by atoms with E-state index in [4.69, 9.17) is 14.0 Å². The Labute approximate surface area is 156 Å². The Kier molecular flexibility index (Phi) is 6.39. The van der Waals surface area contributed by atoms with Crippen LogP contribution in [0, 0.1) is 11.6 Å². The number of piperidine rings is 1. The van der Waals surface area contributed by atoms with E-state index in [1.54, 1.807) is 12.0 Å². The van der Waals surface area contributed by atoms with Crippen LogP contribution in [0.2, 0.25) is 0 Å². The molecular formula is C19H22F2N2O4. The number of hydrogen-bond acceptors (Lipinski definition) is 5. The number of nitrogens with zero attached hydrogens (tertiary/aromatic N) is 2. The summed E-state index contributed by atoms with van der Waals surface area (Å²) in [6, 6.07) is 5.01. The Bertz CT molecular complexity index is 761. The van der Waals surface area contributed by atoms with Crippen LogP contribution >= 0.6 is 0 Å². The number of carbonyl (C=O) groups excluding carboxylic acids is 1. The first kappa shape index (κ1) is 19.3. The molecule has 2 aromatic rings. The van der Waals surface area contributed by atoms with Gasteiger partial charge >= 0.3 is 0 Å². The lowest BCUT2D eigenvalue weighted by atomic mass is 9.99. The van der Waals surface area contributed by atoms with Crippen LogP contribution in [0.5, 0.6) is 5.75 Å². The summed E-state index contributed by atoms with van der Waals surface area (Å²) in [5.74, 6) is -2.10. The minimum Gasteiger partial charge on any atom is -0.479 e. The van der Waals surface area contributed by atoms with Crippen molar-refractivity contribution in [2.45, 2.75) is 38.3 Å². The fraction of sp³-hybridized carbons (Fsp3) is 0.474. The second-order valence-corrected chi connectivity index (χ2v) is 6.45. The minimum atomic E-state index is -0.805. The normalized spacial score (nSPS) is 17.1. The second kappa shape index (κ2) is 8.94. The molecule has 1 aromatic heterocycles. The van der Waals surface area contributed by atoms with Crippen LogP contribution in [0.25, 0.3) is 0 Å². The standard InChI is InChI=1S/C19H22F2N2O4/c1-25-10-8-13-5-2-3-9-23(13)19(24)17-11-14(27-22-17)12-26-18-15(20)6-4-7-16(18)21/h4,6-7,11,13H,2-3,5,8-10,12H2,1H3. The van der Waals surface area contributed by atoms with E-state index in [2.05, 4.69) is 5.16 Å². The molecule has 1 aromatic carbocycles. The predicted octanol–water partition coefficient (Wildman–Crippen LogP) is 3.56. The number of likely N-dealkylation sites (tertiary alicyclic amines) is 1. The maximum atomic E-state index is 13.6. The molecule has 1 fully saturated rings. The summed E-state index contributed by atoms with van der Waals surface area (Å²) in [5, 5.41) is 3.80. The number of carbonyl (C=O) groups is 1. The van der Waals surface area contributed by atoms with Gasteiger partial charge < -0.3 is 18.9 Å². The topological polar surface area (TPSA) is 64.8 Å². The van der Waals surface area contributed by atoms with Gasteiger partial charge in [0.25, 0.3) is 5.91 Å². The number of hydrogen-bond donors (Lipinski definition) is 0. The van der Waals surface area contributed by atoms with Crippen molar-refractivity contribution in [2.24, 2.45) is 0 Å². The molecule has 2 heterocycles. The number of aromatic nitrogens is 1. The fourth-order valence-corrected chi connectivity index (χ4v) is 3.21. The number of para-hydroxylation sites is 1. The van der Waals surface area contributed by atoms with Crippen molar-refractivity contribution in [3.8, 4) is 5.75 Å². The van der Waals surface area contributed by atoms with Crippen molar-refractivity contribution < 1.29 is 27.6 Å². The van der Waals surface area contributed by atoms with Gasteiger partial charge in [0.15, 0.2) is 28.8 Å². The van der Waals surface area contributed by atoms with E-state index < -0.39 is 17.4 Å². The summed E-state index contributed by atoms with van der Waals surface area (Å²) in [4.78, 5) is 14.6. The van der Waals surface area contributed by atoms with Crippen LogP contribution in [-0.2, 0) is 11.3 Å². The van der Waals surface area contributed by atoms with E-state index in [9.17, 15) is 13.6 Å². The molecule has 0 N–H and O–H groups in total. The fourth-order valence-electron chi connectivity index (χ4n) is 3.21. The number of benzene rings is 1. The number of amides is 1. The first-order valence-corrected chi connectivity index (χ1v) is 8.92. The highest BCUT2D eigenvalue weighted by molar-refractivity contribution is 5.92. The minimum absolute atomic E-state index is 0.107. The maximum absolute atomic E-state index is 13.6. The quantitative estimate of drug-likeness (QED) is 0.735.